The lowest BCUT2D eigenvalue weighted by Gasteiger charge is -2.32. The van der Waals surface area contributed by atoms with Crippen molar-refractivity contribution in [1.29, 1.82) is 0 Å². The van der Waals surface area contributed by atoms with Crippen molar-refractivity contribution >= 4 is 23.4 Å². The molecule has 0 radical (unpaired) electrons. The maximum Gasteiger partial charge on any atom is 0.251 e. The van der Waals surface area contributed by atoms with Crippen LogP contribution in [0.2, 0.25) is 5.02 Å². The normalized spacial score (nSPS) is 14.4. The average Bonchev–Trinajstić information content (AvgIpc) is 3.28. The second kappa shape index (κ2) is 9.79. The maximum atomic E-state index is 12.6. The lowest BCUT2D eigenvalue weighted by molar-refractivity contribution is -0.132. The molecule has 6 nitrogen and oxygen atoms in total. The van der Waals surface area contributed by atoms with E-state index in [0.29, 0.717) is 48.2 Å². The van der Waals surface area contributed by atoms with Gasteiger partial charge in [0.25, 0.3) is 5.91 Å². The first-order valence-corrected chi connectivity index (χ1v) is 10.8. The molecule has 1 aliphatic heterocycles. The number of carbonyl (C=O) groups is 2. The molecule has 0 bridgehead atoms. The largest absolute Gasteiger partial charge is 0.441 e. The number of aryl methyl sites for hydroxylation is 1. The van der Waals surface area contributed by atoms with E-state index in [1.165, 1.54) is 0 Å². The van der Waals surface area contributed by atoms with Crippen LogP contribution in [-0.2, 0) is 11.2 Å². The van der Waals surface area contributed by atoms with Gasteiger partial charge in [-0.25, -0.2) is 4.98 Å². The van der Waals surface area contributed by atoms with Crippen LogP contribution in [0, 0.1) is 0 Å². The van der Waals surface area contributed by atoms with Gasteiger partial charge in [-0.05, 0) is 49.2 Å². The molecule has 2 aromatic carbocycles. The molecule has 0 aliphatic carbocycles. The van der Waals surface area contributed by atoms with Gasteiger partial charge in [-0.15, -0.1) is 0 Å². The molecular formula is C24H24ClN3O3. The van der Waals surface area contributed by atoms with Crippen LogP contribution >= 0.6 is 11.6 Å². The summed E-state index contributed by atoms with van der Waals surface area (Å²) < 4.78 is 5.78. The molecule has 160 valence electrons. The van der Waals surface area contributed by atoms with Crippen molar-refractivity contribution in [3.8, 4) is 11.3 Å². The summed E-state index contributed by atoms with van der Waals surface area (Å²) in [4.78, 5) is 31.0. The van der Waals surface area contributed by atoms with E-state index in [0.717, 1.165) is 18.4 Å². The Morgan fingerprint density at radius 1 is 1.06 bits per heavy atom. The highest BCUT2D eigenvalue weighted by Crippen LogP contribution is 2.23. The molecule has 0 saturated carbocycles. The highest BCUT2D eigenvalue weighted by atomic mass is 35.5. The molecule has 2 heterocycles. The van der Waals surface area contributed by atoms with Crippen molar-refractivity contribution in [1.82, 2.24) is 15.2 Å². The van der Waals surface area contributed by atoms with Crippen molar-refractivity contribution in [3.05, 3.63) is 77.3 Å². The van der Waals surface area contributed by atoms with Crippen LogP contribution < -0.4 is 5.32 Å². The SMILES string of the molecule is O=C(NC1CCN(C(=O)CCc2ncc(-c3ccc(Cl)cc3)o2)CC1)c1ccccc1. The van der Waals surface area contributed by atoms with Gasteiger partial charge in [0.15, 0.2) is 11.7 Å². The second-order valence-electron chi connectivity index (χ2n) is 7.62. The number of hydrogen-bond acceptors (Lipinski definition) is 4. The van der Waals surface area contributed by atoms with E-state index in [4.69, 9.17) is 16.0 Å². The summed E-state index contributed by atoms with van der Waals surface area (Å²) in [5.74, 6) is 1.22. The van der Waals surface area contributed by atoms with Crippen molar-refractivity contribution in [3.63, 3.8) is 0 Å². The summed E-state index contributed by atoms with van der Waals surface area (Å²) in [6, 6.07) is 16.6. The Morgan fingerprint density at radius 2 is 1.77 bits per heavy atom. The molecule has 1 aromatic heterocycles. The number of halogens is 1. The Kier molecular flexibility index (Phi) is 6.67. The number of benzene rings is 2. The van der Waals surface area contributed by atoms with E-state index < -0.39 is 0 Å². The van der Waals surface area contributed by atoms with Gasteiger partial charge in [-0.2, -0.15) is 0 Å². The van der Waals surface area contributed by atoms with Gasteiger partial charge < -0.3 is 14.6 Å². The second-order valence-corrected chi connectivity index (χ2v) is 8.06. The van der Waals surface area contributed by atoms with Crippen LogP contribution in [0.15, 0.2) is 65.2 Å². The summed E-state index contributed by atoms with van der Waals surface area (Å²) in [7, 11) is 0. The molecule has 0 spiro atoms. The number of aromatic nitrogens is 1. The van der Waals surface area contributed by atoms with E-state index >= 15 is 0 Å². The maximum absolute atomic E-state index is 12.6. The fraction of sp³-hybridized carbons (Fsp3) is 0.292. The van der Waals surface area contributed by atoms with Crippen LogP contribution in [0.4, 0.5) is 0 Å². The lowest BCUT2D eigenvalue weighted by atomic mass is 10.0. The van der Waals surface area contributed by atoms with Gasteiger partial charge in [0.1, 0.15) is 0 Å². The predicted octanol–water partition coefficient (Wildman–Crippen LogP) is 4.35. The van der Waals surface area contributed by atoms with Crippen LogP contribution in [0.3, 0.4) is 0 Å². The van der Waals surface area contributed by atoms with E-state index in [-0.39, 0.29) is 17.9 Å². The van der Waals surface area contributed by atoms with Crippen LogP contribution in [0.5, 0.6) is 0 Å². The summed E-state index contributed by atoms with van der Waals surface area (Å²) in [6.07, 6.45) is 3.98. The Morgan fingerprint density at radius 3 is 2.48 bits per heavy atom. The van der Waals surface area contributed by atoms with Crippen LogP contribution in [-0.4, -0.2) is 40.8 Å². The number of likely N-dealkylation sites (tertiary alicyclic amines) is 1. The molecule has 2 amide bonds. The molecule has 7 heteroatoms. The summed E-state index contributed by atoms with van der Waals surface area (Å²) >= 11 is 5.92. The van der Waals surface area contributed by atoms with Crippen molar-refractivity contribution in [2.45, 2.75) is 31.7 Å². The highest BCUT2D eigenvalue weighted by molar-refractivity contribution is 6.30. The number of amides is 2. The lowest BCUT2D eigenvalue weighted by Crippen LogP contribution is -2.46. The minimum atomic E-state index is -0.0641. The number of nitrogens with zero attached hydrogens (tertiary/aromatic N) is 2. The smallest absolute Gasteiger partial charge is 0.251 e. The fourth-order valence-corrected chi connectivity index (χ4v) is 3.80. The Bertz CT molecular complexity index is 1030. The number of piperidine rings is 1. The van der Waals surface area contributed by atoms with E-state index in [2.05, 4.69) is 10.3 Å². The molecule has 1 N–H and O–H groups in total. The summed E-state index contributed by atoms with van der Waals surface area (Å²) in [6.45, 7) is 1.28. The van der Waals surface area contributed by atoms with Crippen LogP contribution in [0.1, 0.15) is 35.5 Å². The highest BCUT2D eigenvalue weighted by Gasteiger charge is 2.24. The predicted molar refractivity (Wildman–Crippen MR) is 119 cm³/mol. The molecule has 0 unspecified atom stereocenters. The van der Waals surface area contributed by atoms with E-state index in [9.17, 15) is 9.59 Å². The zero-order valence-electron chi connectivity index (χ0n) is 17.1. The minimum Gasteiger partial charge on any atom is -0.441 e. The van der Waals surface area contributed by atoms with Crippen molar-refractivity contribution < 1.29 is 14.0 Å². The third-order valence-corrected chi connectivity index (χ3v) is 5.71. The van der Waals surface area contributed by atoms with E-state index in [1.54, 1.807) is 30.5 Å². The molecule has 1 saturated heterocycles. The molecule has 4 rings (SSSR count). The number of hydrogen-bond donors (Lipinski definition) is 1. The Hall–Kier alpha value is -3.12. The number of nitrogens with one attached hydrogen (secondary N) is 1. The Balaban J connectivity index is 1.22. The number of carbonyl (C=O) groups excluding carboxylic acids is 2. The zero-order chi connectivity index (χ0) is 21.6. The zero-order valence-corrected chi connectivity index (χ0v) is 17.8. The molecule has 31 heavy (non-hydrogen) atoms. The molecule has 0 atom stereocenters. The van der Waals surface area contributed by atoms with Crippen molar-refractivity contribution in [2.75, 3.05) is 13.1 Å². The van der Waals surface area contributed by atoms with Gasteiger partial charge in [-0.1, -0.05) is 29.8 Å². The van der Waals surface area contributed by atoms with Gasteiger partial charge >= 0.3 is 0 Å². The third-order valence-electron chi connectivity index (χ3n) is 5.45. The van der Waals surface area contributed by atoms with Crippen LogP contribution in [0.25, 0.3) is 11.3 Å². The van der Waals surface area contributed by atoms with Gasteiger partial charge in [0.05, 0.1) is 6.20 Å². The first-order chi connectivity index (χ1) is 15.1. The fourth-order valence-electron chi connectivity index (χ4n) is 3.68. The minimum absolute atomic E-state index is 0.0641. The monoisotopic (exact) mass is 437 g/mol. The molecule has 3 aromatic rings. The van der Waals surface area contributed by atoms with Gasteiger partial charge in [-0.3, -0.25) is 9.59 Å². The van der Waals surface area contributed by atoms with E-state index in [1.807, 2.05) is 35.2 Å². The topological polar surface area (TPSA) is 75.4 Å². The summed E-state index contributed by atoms with van der Waals surface area (Å²) in [5, 5.41) is 3.73. The molecule has 1 fully saturated rings. The number of rotatable bonds is 6. The first-order valence-electron chi connectivity index (χ1n) is 10.4. The number of oxazole rings is 1. The van der Waals surface area contributed by atoms with Gasteiger partial charge in [0, 0.05) is 48.1 Å². The molecule has 1 aliphatic rings. The summed E-state index contributed by atoms with van der Waals surface area (Å²) in [5.41, 5.74) is 1.55. The average molecular weight is 438 g/mol. The quantitative estimate of drug-likeness (QED) is 0.622. The van der Waals surface area contributed by atoms with Crippen molar-refractivity contribution in [2.24, 2.45) is 0 Å². The standard InChI is InChI=1S/C24H24ClN3O3/c25-19-8-6-17(7-9-19)21-16-26-22(31-21)10-11-23(29)28-14-12-20(13-15-28)27-24(30)18-4-2-1-3-5-18/h1-9,16,20H,10-15H2,(H,27,30). The Labute approximate surface area is 186 Å². The third kappa shape index (κ3) is 5.52. The molecular weight excluding hydrogens is 414 g/mol. The van der Waals surface area contributed by atoms with Gasteiger partial charge in [0.2, 0.25) is 5.91 Å². The first kappa shape index (κ1) is 21.1.